The predicted octanol–water partition coefficient (Wildman–Crippen LogP) is 2.79. The number of esters is 1. The van der Waals surface area contributed by atoms with E-state index in [0.29, 0.717) is 32.0 Å². The fourth-order valence-corrected chi connectivity index (χ4v) is 2.55. The van der Waals surface area contributed by atoms with Gasteiger partial charge >= 0.3 is 5.97 Å². The van der Waals surface area contributed by atoms with Crippen molar-refractivity contribution >= 4 is 17.3 Å². The molecule has 0 saturated carbocycles. The smallest absolute Gasteiger partial charge is 0.343 e. The molecule has 0 amide bonds. The molecular formula is C17H15FN2O5. The average molecular weight is 346 g/mol. The van der Waals surface area contributed by atoms with E-state index < -0.39 is 16.7 Å². The van der Waals surface area contributed by atoms with E-state index in [0.717, 1.165) is 12.1 Å². The van der Waals surface area contributed by atoms with E-state index in [-0.39, 0.29) is 17.0 Å². The Labute approximate surface area is 142 Å². The number of nitro groups is 1. The number of carbonyl (C=O) groups excluding carboxylic acids is 1. The van der Waals surface area contributed by atoms with Gasteiger partial charge in [0.2, 0.25) is 0 Å². The maximum Gasteiger partial charge on any atom is 0.343 e. The highest BCUT2D eigenvalue weighted by molar-refractivity contribution is 5.93. The minimum Gasteiger partial charge on any atom is -0.420 e. The van der Waals surface area contributed by atoms with Crippen molar-refractivity contribution in [1.82, 2.24) is 0 Å². The highest BCUT2D eigenvalue weighted by atomic mass is 19.1. The molecule has 2 aromatic rings. The Morgan fingerprint density at radius 3 is 2.60 bits per heavy atom. The summed E-state index contributed by atoms with van der Waals surface area (Å²) in [5, 5.41) is 11.4. The third-order valence-corrected chi connectivity index (χ3v) is 3.80. The highest BCUT2D eigenvalue weighted by Gasteiger charge is 2.24. The second kappa shape index (κ2) is 7.27. The number of hydrogen-bond acceptors (Lipinski definition) is 6. The quantitative estimate of drug-likeness (QED) is 0.366. The Morgan fingerprint density at radius 1 is 1.20 bits per heavy atom. The van der Waals surface area contributed by atoms with Gasteiger partial charge in [0.15, 0.2) is 11.6 Å². The van der Waals surface area contributed by atoms with Crippen molar-refractivity contribution < 1.29 is 23.6 Å². The molecule has 0 aromatic heterocycles. The van der Waals surface area contributed by atoms with Crippen LogP contribution in [0.4, 0.5) is 15.8 Å². The van der Waals surface area contributed by atoms with Crippen LogP contribution in [0.3, 0.4) is 0 Å². The van der Waals surface area contributed by atoms with Gasteiger partial charge in [-0.2, -0.15) is 0 Å². The van der Waals surface area contributed by atoms with E-state index in [4.69, 9.17) is 9.47 Å². The van der Waals surface area contributed by atoms with Crippen LogP contribution < -0.4 is 9.64 Å². The normalized spacial score (nSPS) is 14.2. The lowest BCUT2D eigenvalue weighted by Crippen LogP contribution is -2.36. The van der Waals surface area contributed by atoms with Gasteiger partial charge in [0.1, 0.15) is 5.69 Å². The summed E-state index contributed by atoms with van der Waals surface area (Å²) in [6, 6.07) is 9.54. The first-order chi connectivity index (χ1) is 12.1. The molecular weight excluding hydrogens is 331 g/mol. The molecule has 2 aromatic carbocycles. The van der Waals surface area contributed by atoms with Crippen molar-refractivity contribution in [3.05, 3.63) is 64.0 Å². The van der Waals surface area contributed by atoms with E-state index in [1.807, 2.05) is 4.90 Å². The van der Waals surface area contributed by atoms with Gasteiger partial charge in [0, 0.05) is 19.2 Å². The first-order valence-electron chi connectivity index (χ1n) is 7.64. The van der Waals surface area contributed by atoms with Crippen LogP contribution in [-0.2, 0) is 4.74 Å². The Bertz CT molecular complexity index is 805. The van der Waals surface area contributed by atoms with Crippen LogP contribution in [0.25, 0.3) is 0 Å². The van der Waals surface area contributed by atoms with Crippen molar-refractivity contribution in [3.63, 3.8) is 0 Å². The van der Waals surface area contributed by atoms with Crippen molar-refractivity contribution in [2.45, 2.75) is 0 Å². The highest BCUT2D eigenvalue weighted by Crippen LogP contribution is 2.30. The minimum absolute atomic E-state index is 0.0213. The predicted molar refractivity (Wildman–Crippen MR) is 87.5 cm³/mol. The van der Waals surface area contributed by atoms with E-state index in [1.54, 1.807) is 0 Å². The van der Waals surface area contributed by atoms with Crippen LogP contribution in [0, 0.1) is 15.9 Å². The Balaban J connectivity index is 1.87. The van der Waals surface area contributed by atoms with Crippen LogP contribution in [0.2, 0.25) is 0 Å². The fraction of sp³-hybridized carbons (Fsp3) is 0.235. The van der Waals surface area contributed by atoms with Crippen molar-refractivity contribution in [3.8, 4) is 5.75 Å². The van der Waals surface area contributed by atoms with E-state index in [1.165, 1.54) is 30.3 Å². The zero-order valence-corrected chi connectivity index (χ0v) is 13.2. The second-order valence-electron chi connectivity index (χ2n) is 5.38. The standard InChI is InChI=1S/C17H15FN2O5/c18-13-3-1-2-4-16(13)25-17(21)12-5-6-14(15(11-12)20(22)23)19-7-9-24-10-8-19/h1-6,11H,7-10H2. The van der Waals surface area contributed by atoms with Gasteiger partial charge in [0.05, 0.1) is 23.7 Å². The lowest BCUT2D eigenvalue weighted by atomic mass is 10.1. The summed E-state index contributed by atoms with van der Waals surface area (Å²) >= 11 is 0. The maximum atomic E-state index is 13.6. The zero-order chi connectivity index (χ0) is 17.8. The van der Waals surface area contributed by atoms with Crippen LogP contribution in [-0.4, -0.2) is 37.2 Å². The molecule has 0 spiro atoms. The number of anilines is 1. The Kier molecular flexibility index (Phi) is 4.90. The molecule has 7 nitrogen and oxygen atoms in total. The summed E-state index contributed by atoms with van der Waals surface area (Å²) in [4.78, 5) is 24.8. The summed E-state index contributed by atoms with van der Waals surface area (Å²) in [5.74, 6) is -1.77. The van der Waals surface area contributed by atoms with Gasteiger partial charge in [-0.25, -0.2) is 9.18 Å². The maximum absolute atomic E-state index is 13.6. The number of halogens is 1. The summed E-state index contributed by atoms with van der Waals surface area (Å²) in [6.07, 6.45) is 0. The molecule has 1 heterocycles. The number of morpholine rings is 1. The largest absolute Gasteiger partial charge is 0.420 e. The fourth-order valence-electron chi connectivity index (χ4n) is 2.55. The van der Waals surface area contributed by atoms with Gasteiger partial charge in [-0.1, -0.05) is 12.1 Å². The number of nitro benzene ring substituents is 1. The van der Waals surface area contributed by atoms with E-state index in [9.17, 15) is 19.3 Å². The van der Waals surface area contributed by atoms with Gasteiger partial charge in [0.25, 0.3) is 5.69 Å². The van der Waals surface area contributed by atoms with Crippen molar-refractivity contribution in [2.75, 3.05) is 31.2 Å². The number of rotatable bonds is 4. The molecule has 1 saturated heterocycles. The first kappa shape index (κ1) is 16.8. The van der Waals surface area contributed by atoms with Crippen molar-refractivity contribution in [2.24, 2.45) is 0 Å². The third kappa shape index (κ3) is 3.74. The molecule has 1 fully saturated rings. The number of carbonyl (C=O) groups is 1. The number of para-hydroxylation sites is 1. The van der Waals surface area contributed by atoms with Gasteiger partial charge in [-0.15, -0.1) is 0 Å². The molecule has 130 valence electrons. The average Bonchev–Trinajstić information content (AvgIpc) is 2.63. The second-order valence-corrected chi connectivity index (χ2v) is 5.38. The molecule has 0 aliphatic carbocycles. The number of benzene rings is 2. The lowest BCUT2D eigenvalue weighted by molar-refractivity contribution is -0.384. The number of nitrogens with zero attached hydrogens (tertiary/aromatic N) is 2. The molecule has 0 unspecified atom stereocenters. The van der Waals surface area contributed by atoms with Gasteiger partial charge in [-0.05, 0) is 24.3 Å². The molecule has 3 rings (SSSR count). The topological polar surface area (TPSA) is 81.9 Å². The summed E-state index contributed by atoms with van der Waals surface area (Å²) in [7, 11) is 0. The van der Waals surface area contributed by atoms with Crippen molar-refractivity contribution in [1.29, 1.82) is 0 Å². The minimum atomic E-state index is -0.860. The van der Waals surface area contributed by atoms with E-state index in [2.05, 4.69) is 0 Å². The number of hydrogen-bond donors (Lipinski definition) is 0. The van der Waals surface area contributed by atoms with Gasteiger partial charge < -0.3 is 14.4 Å². The molecule has 0 radical (unpaired) electrons. The van der Waals surface area contributed by atoms with Crippen LogP contribution in [0.1, 0.15) is 10.4 Å². The molecule has 0 N–H and O–H groups in total. The summed E-state index contributed by atoms with van der Waals surface area (Å²) < 4.78 is 23.8. The molecule has 25 heavy (non-hydrogen) atoms. The SMILES string of the molecule is O=C(Oc1ccccc1F)c1ccc(N2CCOCC2)c([N+](=O)[O-])c1. The lowest BCUT2D eigenvalue weighted by Gasteiger charge is -2.28. The molecule has 0 atom stereocenters. The number of ether oxygens (including phenoxy) is 2. The molecule has 1 aliphatic rings. The molecule has 0 bridgehead atoms. The zero-order valence-electron chi connectivity index (χ0n) is 13.2. The van der Waals surface area contributed by atoms with Crippen LogP contribution >= 0.6 is 0 Å². The molecule has 1 aliphatic heterocycles. The third-order valence-electron chi connectivity index (χ3n) is 3.80. The first-order valence-corrected chi connectivity index (χ1v) is 7.64. The Hall–Kier alpha value is -3.00. The van der Waals surface area contributed by atoms with Gasteiger partial charge in [-0.3, -0.25) is 10.1 Å². The Morgan fingerprint density at radius 2 is 1.92 bits per heavy atom. The van der Waals surface area contributed by atoms with E-state index >= 15 is 0 Å². The van der Waals surface area contributed by atoms with Crippen LogP contribution in [0.15, 0.2) is 42.5 Å². The van der Waals surface area contributed by atoms with Crippen LogP contribution in [0.5, 0.6) is 5.75 Å². The summed E-state index contributed by atoms with van der Waals surface area (Å²) in [6.45, 7) is 2.02. The monoisotopic (exact) mass is 346 g/mol. The molecule has 8 heteroatoms. The summed E-state index contributed by atoms with van der Waals surface area (Å²) in [5.41, 5.74) is 0.188.